The van der Waals surface area contributed by atoms with E-state index in [0.29, 0.717) is 5.56 Å². The van der Waals surface area contributed by atoms with E-state index in [1.54, 1.807) is 11.4 Å². The van der Waals surface area contributed by atoms with Crippen molar-refractivity contribution in [2.75, 3.05) is 0 Å². The lowest BCUT2D eigenvalue weighted by atomic mass is 10.1. The van der Waals surface area contributed by atoms with Gasteiger partial charge in [-0.3, -0.25) is 4.79 Å². The lowest BCUT2D eigenvalue weighted by molar-refractivity contribution is 0.101. The summed E-state index contributed by atoms with van der Waals surface area (Å²) in [4.78, 5) is 11.1. The van der Waals surface area contributed by atoms with Crippen LogP contribution in [-0.4, -0.2) is 14.2 Å². The maximum Gasteiger partial charge on any atom is 0.348 e. The predicted octanol–water partition coefficient (Wildman–Crippen LogP) is 2.72. The van der Waals surface area contributed by atoms with Gasteiger partial charge in [0.25, 0.3) is 0 Å². The molecule has 0 N–H and O–H groups in total. The topological polar surface area (TPSA) is 60.4 Å². The number of hydrogen-bond acceptors (Lipinski definition) is 5. The highest BCUT2D eigenvalue weighted by Gasteiger charge is 2.17. The molecule has 0 unspecified atom stereocenters. The van der Waals surface area contributed by atoms with Crippen LogP contribution in [0.15, 0.2) is 46.0 Å². The largest absolute Gasteiger partial charge is 0.378 e. The minimum atomic E-state index is -3.77. The summed E-state index contributed by atoms with van der Waals surface area (Å²) in [5.41, 5.74) is 0.510. The van der Waals surface area contributed by atoms with Gasteiger partial charge in [-0.2, -0.15) is 8.42 Å². The van der Waals surface area contributed by atoms with Crippen molar-refractivity contribution in [1.29, 1.82) is 0 Å². The normalized spacial score (nSPS) is 11.2. The molecular weight excluding hydrogens is 272 g/mol. The molecule has 0 aliphatic rings. The predicted molar refractivity (Wildman–Crippen MR) is 68.6 cm³/mol. The molecule has 0 atom stereocenters. The quantitative estimate of drug-likeness (QED) is 0.639. The summed E-state index contributed by atoms with van der Waals surface area (Å²) in [7, 11) is -3.77. The smallest absolute Gasteiger partial charge is 0.348 e. The molecule has 1 aromatic heterocycles. The molecule has 0 bridgehead atoms. The van der Waals surface area contributed by atoms with E-state index in [-0.39, 0.29) is 15.7 Å². The number of ketones is 1. The van der Waals surface area contributed by atoms with Gasteiger partial charge in [0.2, 0.25) is 0 Å². The van der Waals surface area contributed by atoms with Gasteiger partial charge in [-0.05, 0) is 42.6 Å². The molecule has 2 rings (SSSR count). The van der Waals surface area contributed by atoms with Crippen LogP contribution in [0.2, 0.25) is 0 Å². The summed E-state index contributed by atoms with van der Waals surface area (Å²) >= 11 is 1.09. The fraction of sp³-hybridized carbons (Fsp3) is 0.0833. The Morgan fingerprint density at radius 3 is 2.33 bits per heavy atom. The van der Waals surface area contributed by atoms with Crippen LogP contribution in [0.3, 0.4) is 0 Å². The average molecular weight is 282 g/mol. The number of thiophene rings is 1. The molecule has 2 aromatic rings. The molecule has 4 nitrogen and oxygen atoms in total. The molecule has 0 aliphatic heterocycles. The molecule has 0 radical (unpaired) electrons. The van der Waals surface area contributed by atoms with Crippen LogP contribution in [0, 0.1) is 0 Å². The molecular formula is C12H10O4S2. The first-order valence-corrected chi connectivity index (χ1v) is 7.37. The van der Waals surface area contributed by atoms with E-state index in [1.165, 1.54) is 37.3 Å². The van der Waals surface area contributed by atoms with Crippen molar-refractivity contribution in [3.05, 3.63) is 47.3 Å². The summed E-state index contributed by atoms with van der Waals surface area (Å²) in [6.07, 6.45) is 0. The lowest BCUT2D eigenvalue weighted by Gasteiger charge is -2.05. The monoisotopic (exact) mass is 282 g/mol. The van der Waals surface area contributed by atoms with Crippen LogP contribution in [-0.2, 0) is 10.1 Å². The van der Waals surface area contributed by atoms with Gasteiger partial charge in [-0.15, -0.1) is 11.3 Å². The zero-order chi connectivity index (χ0) is 13.2. The van der Waals surface area contributed by atoms with Crippen LogP contribution in [0.4, 0.5) is 0 Å². The number of carbonyl (C=O) groups is 1. The molecule has 0 amide bonds. The third-order valence-electron chi connectivity index (χ3n) is 2.21. The summed E-state index contributed by atoms with van der Waals surface area (Å²) in [5, 5.41) is 1.66. The van der Waals surface area contributed by atoms with Crippen molar-refractivity contribution in [3.63, 3.8) is 0 Å². The fourth-order valence-corrected chi connectivity index (χ4v) is 3.20. The summed E-state index contributed by atoms with van der Waals surface area (Å²) in [6.45, 7) is 1.44. The van der Waals surface area contributed by atoms with E-state index >= 15 is 0 Å². The molecule has 0 fully saturated rings. The maximum atomic E-state index is 11.8. The molecule has 0 saturated carbocycles. The first kappa shape index (κ1) is 12.8. The highest BCUT2D eigenvalue weighted by atomic mass is 32.3. The van der Waals surface area contributed by atoms with Crippen molar-refractivity contribution < 1.29 is 17.4 Å². The van der Waals surface area contributed by atoms with Crippen LogP contribution in [0.5, 0.6) is 5.75 Å². The van der Waals surface area contributed by atoms with E-state index in [1.807, 2.05) is 0 Å². The van der Waals surface area contributed by atoms with Crippen LogP contribution in [0.25, 0.3) is 0 Å². The standard InChI is InChI=1S/C12H10O4S2/c1-9(13)10-4-6-11(7-5-10)16-18(14,15)12-3-2-8-17-12/h2-8H,1H3. The Bertz CT molecular complexity index is 640. The van der Waals surface area contributed by atoms with Crippen molar-refractivity contribution in [1.82, 2.24) is 0 Å². The van der Waals surface area contributed by atoms with Gasteiger partial charge >= 0.3 is 10.1 Å². The second kappa shape index (κ2) is 4.91. The zero-order valence-corrected chi connectivity index (χ0v) is 11.1. The van der Waals surface area contributed by atoms with Crippen LogP contribution >= 0.6 is 11.3 Å². The highest BCUT2D eigenvalue weighted by Crippen LogP contribution is 2.22. The number of hydrogen-bond donors (Lipinski definition) is 0. The number of Topliss-reactive ketones (excluding diaryl/α,β-unsaturated/α-hetero) is 1. The molecule has 18 heavy (non-hydrogen) atoms. The first-order valence-electron chi connectivity index (χ1n) is 5.08. The molecule has 1 aromatic carbocycles. The van der Waals surface area contributed by atoms with Crippen LogP contribution in [0.1, 0.15) is 17.3 Å². The molecule has 1 heterocycles. The van der Waals surface area contributed by atoms with E-state index in [9.17, 15) is 13.2 Å². The molecule has 94 valence electrons. The SMILES string of the molecule is CC(=O)c1ccc(OS(=O)(=O)c2cccs2)cc1. The third kappa shape index (κ3) is 2.77. The van der Waals surface area contributed by atoms with Crippen molar-refractivity contribution in [2.24, 2.45) is 0 Å². The minimum Gasteiger partial charge on any atom is -0.378 e. The zero-order valence-electron chi connectivity index (χ0n) is 9.49. The Hall–Kier alpha value is -1.66. The molecule has 0 aliphatic carbocycles. The van der Waals surface area contributed by atoms with Gasteiger partial charge in [-0.1, -0.05) is 6.07 Å². The van der Waals surface area contributed by atoms with E-state index in [0.717, 1.165) is 11.3 Å². The van der Waals surface area contributed by atoms with E-state index in [2.05, 4.69) is 0 Å². The fourth-order valence-electron chi connectivity index (χ4n) is 1.32. The Balaban J connectivity index is 2.22. The van der Waals surface area contributed by atoms with Crippen molar-refractivity contribution in [2.45, 2.75) is 11.1 Å². The Kier molecular flexibility index (Phi) is 3.49. The highest BCUT2D eigenvalue weighted by molar-refractivity contribution is 7.89. The van der Waals surface area contributed by atoms with Gasteiger partial charge in [0.15, 0.2) is 9.99 Å². The molecule has 0 spiro atoms. The summed E-state index contributed by atoms with van der Waals surface area (Å²) in [5.74, 6) is 0.107. The third-order valence-corrected chi connectivity index (χ3v) is 4.81. The molecule has 6 heteroatoms. The van der Waals surface area contributed by atoms with Gasteiger partial charge in [0.05, 0.1) is 0 Å². The average Bonchev–Trinajstić information content (AvgIpc) is 2.83. The van der Waals surface area contributed by atoms with Gasteiger partial charge in [0.1, 0.15) is 5.75 Å². The van der Waals surface area contributed by atoms with Crippen molar-refractivity contribution >= 4 is 27.2 Å². The van der Waals surface area contributed by atoms with E-state index in [4.69, 9.17) is 4.18 Å². The van der Waals surface area contributed by atoms with Crippen LogP contribution < -0.4 is 4.18 Å². The summed E-state index contributed by atoms with van der Waals surface area (Å²) < 4.78 is 28.7. The maximum absolute atomic E-state index is 11.8. The number of benzene rings is 1. The lowest BCUT2D eigenvalue weighted by Crippen LogP contribution is -2.08. The second-order valence-corrected chi connectivity index (χ2v) is 6.27. The van der Waals surface area contributed by atoms with Gasteiger partial charge in [-0.25, -0.2) is 0 Å². The van der Waals surface area contributed by atoms with Gasteiger partial charge < -0.3 is 4.18 Å². The van der Waals surface area contributed by atoms with Gasteiger partial charge in [0, 0.05) is 5.56 Å². The Morgan fingerprint density at radius 1 is 1.17 bits per heavy atom. The second-order valence-electron chi connectivity index (χ2n) is 3.55. The van der Waals surface area contributed by atoms with E-state index < -0.39 is 10.1 Å². The molecule has 0 saturated heterocycles. The minimum absolute atomic E-state index is 0.0809. The summed E-state index contributed by atoms with van der Waals surface area (Å²) in [6, 6.07) is 9.09. The number of rotatable bonds is 4. The number of carbonyl (C=O) groups excluding carboxylic acids is 1. The first-order chi connectivity index (χ1) is 8.49. The Morgan fingerprint density at radius 2 is 1.83 bits per heavy atom. The Labute approximate surface area is 109 Å². The van der Waals surface area contributed by atoms with Crippen molar-refractivity contribution in [3.8, 4) is 5.75 Å².